The summed E-state index contributed by atoms with van der Waals surface area (Å²) in [4.78, 5) is 27.0. The third kappa shape index (κ3) is 5.17. The minimum absolute atomic E-state index is 0.280. The van der Waals surface area contributed by atoms with Crippen molar-refractivity contribution >= 4 is 23.2 Å². The van der Waals surface area contributed by atoms with Crippen LogP contribution in [0.3, 0.4) is 0 Å². The number of nitrogens with one attached hydrogen (secondary N) is 2. The van der Waals surface area contributed by atoms with Gasteiger partial charge >= 0.3 is 0 Å². The highest BCUT2D eigenvalue weighted by Crippen LogP contribution is 2.28. The Morgan fingerprint density at radius 2 is 1.44 bits per heavy atom. The van der Waals surface area contributed by atoms with Crippen molar-refractivity contribution < 1.29 is 4.79 Å². The van der Waals surface area contributed by atoms with E-state index in [-0.39, 0.29) is 5.69 Å². The summed E-state index contributed by atoms with van der Waals surface area (Å²) in [6, 6.07) is 25.3. The van der Waals surface area contributed by atoms with Crippen molar-refractivity contribution in [2.75, 3.05) is 16.1 Å². The van der Waals surface area contributed by atoms with Crippen LogP contribution in [0.5, 0.6) is 0 Å². The van der Waals surface area contributed by atoms with Crippen LogP contribution < -0.4 is 21.5 Å². The summed E-state index contributed by atoms with van der Waals surface area (Å²) in [6.45, 7) is 1.22. The van der Waals surface area contributed by atoms with Crippen LogP contribution in [0.1, 0.15) is 21.6 Å². The van der Waals surface area contributed by atoms with Gasteiger partial charge in [0.15, 0.2) is 11.6 Å². The fourth-order valence-electron chi connectivity index (χ4n) is 3.23. The first-order valence-corrected chi connectivity index (χ1v) is 10.1. The predicted molar refractivity (Wildman–Crippen MR) is 125 cm³/mol. The molecular weight excluding hydrogens is 402 g/mol. The normalized spacial score (nSPS) is 10.4. The van der Waals surface area contributed by atoms with Gasteiger partial charge < -0.3 is 10.6 Å². The van der Waals surface area contributed by atoms with Gasteiger partial charge in [-0.3, -0.25) is 20.6 Å². The number of aromatic nitrogens is 3. The van der Waals surface area contributed by atoms with E-state index in [1.54, 1.807) is 24.4 Å². The number of pyridine rings is 1. The molecule has 0 aliphatic carbocycles. The molecule has 2 aromatic carbocycles. The van der Waals surface area contributed by atoms with E-state index < -0.39 is 5.91 Å². The Morgan fingerprint density at radius 1 is 0.812 bits per heavy atom. The second kappa shape index (κ2) is 10.0. The molecule has 0 fully saturated rings. The highest BCUT2D eigenvalue weighted by Gasteiger charge is 2.17. The number of anilines is 3. The third-order valence-corrected chi connectivity index (χ3v) is 4.79. The quantitative estimate of drug-likeness (QED) is 0.371. The molecule has 0 saturated heterocycles. The summed E-state index contributed by atoms with van der Waals surface area (Å²) in [5.74, 6) is 0.489. The number of nitrogen functional groups attached to an aromatic ring is 1. The second-order valence-corrected chi connectivity index (χ2v) is 7.08. The molecule has 0 aliphatic heterocycles. The van der Waals surface area contributed by atoms with E-state index in [1.807, 2.05) is 36.4 Å². The molecule has 4 aromatic rings. The van der Waals surface area contributed by atoms with E-state index in [2.05, 4.69) is 55.0 Å². The van der Waals surface area contributed by atoms with Gasteiger partial charge in [0.05, 0.1) is 0 Å². The number of amides is 1. The zero-order valence-corrected chi connectivity index (χ0v) is 17.3. The number of hydrogen-bond acceptors (Lipinski definition) is 7. The molecule has 4 N–H and O–H groups in total. The van der Waals surface area contributed by atoms with Gasteiger partial charge in [-0.2, -0.15) is 0 Å². The number of carbonyl (C=O) groups is 1. The van der Waals surface area contributed by atoms with Gasteiger partial charge in [0, 0.05) is 19.3 Å². The van der Waals surface area contributed by atoms with Crippen LogP contribution in [0.4, 0.5) is 17.3 Å². The predicted octanol–water partition coefficient (Wildman–Crippen LogP) is 3.42. The summed E-state index contributed by atoms with van der Waals surface area (Å²) in [5, 5.41) is 0. The Kier molecular flexibility index (Phi) is 6.52. The number of rotatable bonds is 8. The lowest BCUT2D eigenvalue weighted by Crippen LogP contribution is -2.31. The van der Waals surface area contributed by atoms with Gasteiger partial charge in [-0.1, -0.05) is 66.7 Å². The molecule has 8 heteroatoms. The lowest BCUT2D eigenvalue weighted by Gasteiger charge is -2.26. The molecule has 32 heavy (non-hydrogen) atoms. The Labute approximate surface area is 186 Å². The average Bonchev–Trinajstić information content (AvgIpc) is 2.85. The molecule has 4 rings (SSSR count). The van der Waals surface area contributed by atoms with Gasteiger partial charge in [-0.05, 0) is 23.3 Å². The van der Waals surface area contributed by atoms with Crippen molar-refractivity contribution in [2.45, 2.75) is 13.1 Å². The van der Waals surface area contributed by atoms with Crippen LogP contribution in [-0.4, -0.2) is 20.9 Å². The van der Waals surface area contributed by atoms with Gasteiger partial charge in [0.2, 0.25) is 0 Å². The Hall–Kier alpha value is -4.46. The SMILES string of the molecule is Nc1c(NNC(=O)c2ccccn2)ncnc1N(Cc1ccccc1)Cc1ccccc1. The summed E-state index contributed by atoms with van der Waals surface area (Å²) >= 11 is 0. The van der Waals surface area contributed by atoms with Crippen LogP contribution in [-0.2, 0) is 13.1 Å². The molecule has 0 saturated carbocycles. The highest BCUT2D eigenvalue weighted by molar-refractivity contribution is 5.93. The molecule has 0 bridgehead atoms. The highest BCUT2D eigenvalue weighted by atomic mass is 16.2. The summed E-state index contributed by atoms with van der Waals surface area (Å²) in [6.07, 6.45) is 2.97. The first-order chi connectivity index (χ1) is 15.7. The average molecular weight is 425 g/mol. The Balaban J connectivity index is 1.57. The Bertz CT molecular complexity index is 1110. The fourth-order valence-corrected chi connectivity index (χ4v) is 3.23. The van der Waals surface area contributed by atoms with Gasteiger partial charge in [-0.25, -0.2) is 9.97 Å². The van der Waals surface area contributed by atoms with E-state index in [0.29, 0.717) is 30.4 Å². The van der Waals surface area contributed by atoms with Gasteiger partial charge in [0.25, 0.3) is 5.91 Å². The standard InChI is InChI=1S/C24H23N7O/c25-21-22(29-30-24(32)20-13-7-8-14-26-20)27-17-28-23(21)31(15-18-9-3-1-4-10-18)16-19-11-5-2-6-12-19/h1-14,17H,15-16,25H2,(H,30,32)(H,27,28,29). The third-order valence-electron chi connectivity index (χ3n) is 4.79. The molecule has 160 valence electrons. The molecule has 0 radical (unpaired) electrons. The Morgan fingerprint density at radius 3 is 2.03 bits per heavy atom. The van der Waals surface area contributed by atoms with Crippen molar-refractivity contribution in [3.63, 3.8) is 0 Å². The number of carbonyl (C=O) groups excluding carboxylic acids is 1. The van der Waals surface area contributed by atoms with Crippen molar-refractivity contribution in [1.29, 1.82) is 0 Å². The van der Waals surface area contributed by atoms with Crippen LogP contribution >= 0.6 is 0 Å². The number of nitrogens with zero attached hydrogens (tertiary/aromatic N) is 4. The van der Waals surface area contributed by atoms with Crippen molar-refractivity contribution in [3.05, 3.63) is 108 Å². The minimum atomic E-state index is -0.393. The van der Waals surface area contributed by atoms with Gasteiger partial charge in [-0.15, -0.1) is 0 Å². The van der Waals surface area contributed by atoms with Crippen LogP contribution in [0, 0.1) is 0 Å². The molecule has 1 amide bonds. The number of nitrogens with two attached hydrogens (primary N) is 1. The maximum atomic E-state index is 12.3. The van der Waals surface area contributed by atoms with E-state index in [9.17, 15) is 4.79 Å². The number of hydrazine groups is 1. The summed E-state index contributed by atoms with van der Waals surface area (Å²) in [7, 11) is 0. The van der Waals surface area contributed by atoms with E-state index in [4.69, 9.17) is 5.73 Å². The number of hydrogen-bond donors (Lipinski definition) is 3. The van der Waals surface area contributed by atoms with Crippen LogP contribution in [0.2, 0.25) is 0 Å². The second-order valence-electron chi connectivity index (χ2n) is 7.08. The van der Waals surface area contributed by atoms with Crippen LogP contribution in [0.15, 0.2) is 91.4 Å². The first kappa shape index (κ1) is 20.8. The lowest BCUT2D eigenvalue weighted by atomic mass is 10.1. The van der Waals surface area contributed by atoms with Gasteiger partial charge in [0.1, 0.15) is 17.7 Å². The molecule has 8 nitrogen and oxygen atoms in total. The fraction of sp³-hybridized carbons (Fsp3) is 0.0833. The van der Waals surface area contributed by atoms with Crippen molar-refractivity contribution in [2.24, 2.45) is 0 Å². The minimum Gasteiger partial charge on any atom is -0.393 e. The largest absolute Gasteiger partial charge is 0.393 e. The zero-order valence-electron chi connectivity index (χ0n) is 17.3. The van der Waals surface area contributed by atoms with E-state index in [0.717, 1.165) is 11.1 Å². The monoisotopic (exact) mass is 425 g/mol. The zero-order chi connectivity index (χ0) is 22.2. The van der Waals surface area contributed by atoms with E-state index >= 15 is 0 Å². The molecular formula is C24H23N7O. The van der Waals surface area contributed by atoms with E-state index in [1.165, 1.54) is 6.33 Å². The maximum Gasteiger partial charge on any atom is 0.288 e. The molecule has 0 spiro atoms. The summed E-state index contributed by atoms with van der Waals surface area (Å²) < 4.78 is 0. The first-order valence-electron chi connectivity index (χ1n) is 10.1. The molecule has 2 aromatic heterocycles. The molecule has 0 unspecified atom stereocenters. The molecule has 0 atom stereocenters. The number of benzene rings is 2. The smallest absolute Gasteiger partial charge is 0.288 e. The maximum absolute atomic E-state index is 12.3. The topological polar surface area (TPSA) is 109 Å². The lowest BCUT2D eigenvalue weighted by molar-refractivity contribution is 0.0957. The van der Waals surface area contributed by atoms with Crippen molar-refractivity contribution in [1.82, 2.24) is 20.4 Å². The molecule has 2 heterocycles. The van der Waals surface area contributed by atoms with Crippen molar-refractivity contribution in [3.8, 4) is 0 Å². The summed E-state index contributed by atoms with van der Waals surface area (Å²) in [5.41, 5.74) is 14.7. The molecule has 0 aliphatic rings. The van der Waals surface area contributed by atoms with Crippen LogP contribution in [0.25, 0.3) is 0 Å².